The largest absolute Gasteiger partial charge is 0.456 e. The number of aromatic nitrogens is 7. The highest BCUT2D eigenvalue weighted by Gasteiger charge is 2.26. The van der Waals surface area contributed by atoms with Gasteiger partial charge in [-0.2, -0.15) is 0 Å². The molecule has 0 unspecified atom stereocenters. The van der Waals surface area contributed by atoms with E-state index in [1.165, 1.54) is 59.1 Å². The monoisotopic (exact) mass is 1920 g/mol. The lowest BCUT2D eigenvalue weighted by molar-refractivity contribution is 0.620. The van der Waals surface area contributed by atoms with Gasteiger partial charge in [0.25, 0.3) is 0 Å². The molecule has 6 aromatic heterocycles. The second-order valence-electron chi connectivity index (χ2n) is 36.8. The van der Waals surface area contributed by atoms with Gasteiger partial charge >= 0.3 is 0 Å². The van der Waals surface area contributed by atoms with Crippen molar-refractivity contribution >= 4 is 64.5 Å². The SMILES string of the molecule is c1ccc(-c2cc(-c3ccc(-c4nc(-c5ccccc5)nc(-c5ccccc5)c4-c4ccccc4)cc3)cc(-c3ccc4sc5ccccc5c4c3)c2)cc1.c1ccc(-c2nc(-c3ccccc3)c(-c3ccccc3)c(-c3ccc(-c4ccc(-c5ccc6oc7ccccc7c6c5)cc4)cc3)n2)cc1.c1ccc(-c2nc(-c3ccccc3)c(-c3ccccc3)c(-c3ccc(-c4ccc(-c5nc6ccccc6o5)cc4)cc3)n2)cc1. The number of hydrogen-bond donors (Lipinski definition) is 0. The van der Waals surface area contributed by atoms with Crippen LogP contribution in [0, 0.1) is 0 Å². The van der Waals surface area contributed by atoms with Crippen molar-refractivity contribution in [2.45, 2.75) is 0 Å². The number of hydrogen-bond acceptors (Lipinski definition) is 10. The first-order chi connectivity index (χ1) is 73.8. The summed E-state index contributed by atoms with van der Waals surface area (Å²) in [7, 11) is 0. The van der Waals surface area contributed by atoms with E-state index in [1.54, 1.807) is 0 Å². The predicted molar refractivity (Wildman–Crippen MR) is 617 cm³/mol. The van der Waals surface area contributed by atoms with E-state index in [0.717, 1.165) is 184 Å². The van der Waals surface area contributed by atoms with E-state index < -0.39 is 0 Å². The summed E-state index contributed by atoms with van der Waals surface area (Å²) in [6.07, 6.45) is 0. The zero-order chi connectivity index (χ0) is 99.1. The molecule has 0 bridgehead atoms. The van der Waals surface area contributed by atoms with Crippen molar-refractivity contribution in [1.82, 2.24) is 34.9 Å². The summed E-state index contributed by atoms with van der Waals surface area (Å²) < 4.78 is 14.6. The Morgan fingerprint density at radius 2 is 0.376 bits per heavy atom. The van der Waals surface area contributed by atoms with E-state index in [2.05, 4.69) is 436 Å². The third-order valence-corrected chi connectivity index (χ3v) is 28.5. The van der Waals surface area contributed by atoms with E-state index in [-0.39, 0.29) is 0 Å². The van der Waals surface area contributed by atoms with Gasteiger partial charge in [-0.05, 0) is 162 Å². The lowest BCUT2D eigenvalue weighted by Gasteiger charge is -2.17. The lowest BCUT2D eigenvalue weighted by atomic mass is 9.91. The maximum Gasteiger partial charge on any atom is 0.227 e. The quantitative estimate of drug-likeness (QED) is 0.0780. The van der Waals surface area contributed by atoms with Gasteiger partial charge in [-0.15, -0.1) is 11.3 Å². The number of rotatable bonds is 19. The molecule has 0 aliphatic rings. The summed E-state index contributed by atoms with van der Waals surface area (Å²) >= 11 is 1.85. The fourth-order valence-electron chi connectivity index (χ4n) is 19.9. The van der Waals surface area contributed by atoms with Gasteiger partial charge in [0.1, 0.15) is 16.7 Å². The molecule has 10 heteroatoms. The average molecular weight is 1920 g/mol. The van der Waals surface area contributed by atoms with Crippen molar-refractivity contribution < 1.29 is 8.83 Å². The first-order valence-corrected chi connectivity index (χ1v) is 50.8. The van der Waals surface area contributed by atoms with Crippen LogP contribution in [0.4, 0.5) is 0 Å². The Bertz CT molecular complexity index is 9430. The molecule has 27 rings (SSSR count). The van der Waals surface area contributed by atoms with Gasteiger partial charge in [0.15, 0.2) is 23.1 Å². The Hall–Kier alpha value is -19.7. The summed E-state index contributed by atoms with van der Waals surface area (Å²) in [4.78, 5) is 36.0. The molecule has 0 N–H and O–H groups in total. The smallest absolute Gasteiger partial charge is 0.227 e. The molecule has 0 spiro atoms. The number of para-hydroxylation sites is 3. The van der Waals surface area contributed by atoms with Gasteiger partial charge in [-0.3, -0.25) is 0 Å². The van der Waals surface area contributed by atoms with Gasteiger partial charge in [0.05, 0.1) is 34.2 Å². The molecule has 0 aliphatic carbocycles. The van der Waals surface area contributed by atoms with Crippen molar-refractivity contribution in [2.24, 2.45) is 0 Å². The molecule has 0 amide bonds. The normalized spacial score (nSPS) is 11.2. The maximum atomic E-state index is 6.04. The second-order valence-corrected chi connectivity index (χ2v) is 37.9. The topological polar surface area (TPSA) is 117 Å². The van der Waals surface area contributed by atoms with E-state index in [4.69, 9.17) is 38.7 Å². The first-order valence-electron chi connectivity index (χ1n) is 50.0. The minimum atomic E-state index is 0.624. The van der Waals surface area contributed by atoms with Crippen molar-refractivity contribution in [3.8, 4) is 213 Å². The van der Waals surface area contributed by atoms with Crippen molar-refractivity contribution in [3.63, 3.8) is 0 Å². The zero-order valence-corrected chi connectivity index (χ0v) is 81.7. The first kappa shape index (κ1) is 90.6. The van der Waals surface area contributed by atoms with Gasteiger partial charge in [0, 0.05) is 103 Å². The molecule has 0 radical (unpaired) electrons. The minimum Gasteiger partial charge on any atom is -0.456 e. The molecule has 0 atom stereocenters. The molecule has 0 fully saturated rings. The minimum absolute atomic E-state index is 0.624. The summed E-state index contributed by atoms with van der Waals surface area (Å²) in [5.41, 5.74) is 39.3. The van der Waals surface area contributed by atoms with E-state index in [0.29, 0.717) is 23.4 Å². The number of fused-ring (bicyclic) bond motifs is 7. The van der Waals surface area contributed by atoms with Gasteiger partial charge in [0.2, 0.25) is 5.89 Å². The third-order valence-electron chi connectivity index (χ3n) is 27.4. The van der Waals surface area contributed by atoms with Crippen molar-refractivity contribution in [3.05, 3.63) is 552 Å². The van der Waals surface area contributed by atoms with Gasteiger partial charge in [-0.25, -0.2) is 34.9 Å². The second kappa shape index (κ2) is 41.0. The van der Waals surface area contributed by atoms with Crippen LogP contribution in [0.5, 0.6) is 0 Å². The molecule has 21 aromatic carbocycles. The van der Waals surface area contributed by atoms with Crippen molar-refractivity contribution in [1.29, 1.82) is 0 Å². The fourth-order valence-corrected chi connectivity index (χ4v) is 21.0. The highest BCUT2D eigenvalue weighted by Crippen LogP contribution is 2.48. The molecule has 9 nitrogen and oxygen atoms in total. The fraction of sp³-hybridized carbons (Fsp3) is 0. The highest BCUT2D eigenvalue weighted by atomic mass is 32.1. The zero-order valence-electron chi connectivity index (χ0n) is 80.9. The van der Waals surface area contributed by atoms with Crippen LogP contribution < -0.4 is 0 Å². The molecular weight excluding hydrogens is 1830 g/mol. The van der Waals surface area contributed by atoms with E-state index in [9.17, 15) is 0 Å². The van der Waals surface area contributed by atoms with Crippen LogP contribution in [0.15, 0.2) is 561 Å². The summed E-state index contributed by atoms with van der Waals surface area (Å²) in [6.45, 7) is 0. The summed E-state index contributed by atoms with van der Waals surface area (Å²) in [6, 6.07) is 192. The van der Waals surface area contributed by atoms with Crippen LogP contribution in [-0.2, 0) is 0 Å². The number of nitrogens with zero attached hydrogens (tertiary/aromatic N) is 7. The Labute approximate surface area is 867 Å². The van der Waals surface area contributed by atoms with Crippen LogP contribution in [0.2, 0.25) is 0 Å². The molecule has 27 aromatic rings. The van der Waals surface area contributed by atoms with Crippen LogP contribution in [-0.4, -0.2) is 34.9 Å². The Morgan fingerprint density at radius 3 is 0.758 bits per heavy atom. The number of oxazole rings is 1. The van der Waals surface area contributed by atoms with Gasteiger partial charge < -0.3 is 8.83 Å². The molecule has 6 heterocycles. The van der Waals surface area contributed by atoms with Crippen LogP contribution >= 0.6 is 11.3 Å². The van der Waals surface area contributed by atoms with Gasteiger partial charge in [-0.1, -0.05) is 473 Å². The number of thiophene rings is 1. The van der Waals surface area contributed by atoms with E-state index >= 15 is 0 Å². The Morgan fingerprint density at radius 1 is 0.134 bits per heavy atom. The summed E-state index contributed by atoms with van der Waals surface area (Å²) in [5.74, 6) is 2.73. The Balaban J connectivity index is 0.000000116. The maximum absolute atomic E-state index is 6.04. The number of benzene rings is 21. The molecular formula is C139H91N7O2S. The molecule has 0 aliphatic heterocycles. The standard InChI is InChI=1S/C52H34N2S.C46H30N2O.C41H27N3O/c1-5-15-35(16-6-1)42-31-43(33-44(32-42)41-29-30-48-46(34-41)45-23-13-14-24-47(45)55-48)36-25-27-39(28-26-36)51-49(37-17-7-2-8-18-37)50(38-19-9-3-10-20-38)53-52(54-51)40-21-11-4-12-22-40;1-4-12-34(13-5-1)43-44(35-14-6-2-7-15-35)47-46(37-16-8-3-9-17-37)48-45(43)36-26-24-32(25-27-36)31-20-22-33(23-21-31)38-28-29-42-40(30-38)39-18-10-11-19-41(39)49-42;1-4-12-30(13-5-1)37-38(31-14-6-2-7-15-31)43-40(33-16-8-3-9-17-33)44-39(37)32-24-20-28(21-25-32)29-22-26-34(27-23-29)41-42-35-18-10-11-19-36(35)45-41/h1-34H;1-30H;1-27H. The van der Waals surface area contributed by atoms with Crippen LogP contribution in [0.3, 0.4) is 0 Å². The Kier molecular flexibility index (Phi) is 24.9. The summed E-state index contributed by atoms with van der Waals surface area (Å²) in [5, 5.41) is 4.89. The highest BCUT2D eigenvalue weighted by molar-refractivity contribution is 7.25. The number of furan rings is 1. The van der Waals surface area contributed by atoms with Crippen LogP contribution in [0.25, 0.3) is 267 Å². The average Bonchev–Trinajstić information content (AvgIpc) is 1.72. The van der Waals surface area contributed by atoms with Crippen molar-refractivity contribution in [2.75, 3.05) is 0 Å². The molecule has 0 saturated heterocycles. The third kappa shape index (κ3) is 18.9. The lowest BCUT2D eigenvalue weighted by Crippen LogP contribution is -2.00. The molecule has 0 saturated carbocycles. The molecule has 700 valence electrons. The van der Waals surface area contributed by atoms with Crippen LogP contribution in [0.1, 0.15) is 0 Å². The van der Waals surface area contributed by atoms with E-state index in [1.807, 2.05) is 133 Å². The predicted octanol–water partition coefficient (Wildman–Crippen LogP) is 37.5. The molecule has 149 heavy (non-hydrogen) atoms.